The van der Waals surface area contributed by atoms with Gasteiger partial charge in [0.15, 0.2) is 0 Å². The van der Waals surface area contributed by atoms with Gasteiger partial charge in [-0.15, -0.1) is 0 Å². The SMILES string of the molecule is CNC(c1c(Br)cnn1C)C1CCCCCCC1. The summed E-state index contributed by atoms with van der Waals surface area (Å²) in [5.41, 5.74) is 1.29. The zero-order valence-electron chi connectivity index (χ0n) is 11.5. The van der Waals surface area contributed by atoms with E-state index in [1.54, 1.807) is 0 Å². The highest BCUT2D eigenvalue weighted by molar-refractivity contribution is 9.10. The Balaban J connectivity index is 2.16. The van der Waals surface area contributed by atoms with Gasteiger partial charge in [-0.2, -0.15) is 5.10 Å². The molecule has 2 rings (SSSR count). The van der Waals surface area contributed by atoms with Crippen LogP contribution in [0.2, 0.25) is 0 Å². The third kappa shape index (κ3) is 3.15. The van der Waals surface area contributed by atoms with Crippen LogP contribution in [-0.4, -0.2) is 16.8 Å². The molecular formula is C14H24BrN3. The van der Waals surface area contributed by atoms with E-state index in [9.17, 15) is 0 Å². The van der Waals surface area contributed by atoms with Crippen molar-refractivity contribution < 1.29 is 0 Å². The molecule has 4 heteroatoms. The van der Waals surface area contributed by atoms with E-state index >= 15 is 0 Å². The number of hydrogen-bond acceptors (Lipinski definition) is 2. The van der Waals surface area contributed by atoms with Crippen molar-refractivity contribution in [1.29, 1.82) is 0 Å². The predicted molar refractivity (Wildman–Crippen MR) is 78.5 cm³/mol. The maximum Gasteiger partial charge on any atom is 0.0695 e. The van der Waals surface area contributed by atoms with Gasteiger partial charge < -0.3 is 5.32 Å². The molecule has 1 aliphatic carbocycles. The molecule has 0 aliphatic heterocycles. The second-order valence-corrected chi connectivity index (χ2v) is 6.23. The Kier molecular flexibility index (Phi) is 5.25. The lowest BCUT2D eigenvalue weighted by molar-refractivity contribution is 0.289. The van der Waals surface area contributed by atoms with Crippen LogP contribution in [-0.2, 0) is 7.05 Å². The molecule has 0 aromatic carbocycles. The maximum atomic E-state index is 4.35. The molecule has 1 saturated carbocycles. The Morgan fingerprint density at radius 3 is 2.39 bits per heavy atom. The summed E-state index contributed by atoms with van der Waals surface area (Å²) in [5, 5.41) is 7.86. The lowest BCUT2D eigenvalue weighted by atomic mass is 9.84. The summed E-state index contributed by atoms with van der Waals surface area (Å²) in [5.74, 6) is 0.738. The summed E-state index contributed by atoms with van der Waals surface area (Å²) >= 11 is 3.64. The van der Waals surface area contributed by atoms with Crippen molar-refractivity contribution in [2.45, 2.75) is 51.0 Å². The Bertz CT molecular complexity index is 348. The first-order chi connectivity index (χ1) is 8.74. The second-order valence-electron chi connectivity index (χ2n) is 5.37. The zero-order chi connectivity index (χ0) is 13.0. The molecular weight excluding hydrogens is 290 g/mol. The third-order valence-corrected chi connectivity index (χ3v) is 4.78. The number of aromatic nitrogens is 2. The Morgan fingerprint density at radius 1 is 1.28 bits per heavy atom. The van der Waals surface area contributed by atoms with E-state index in [1.165, 1.54) is 50.6 Å². The highest BCUT2D eigenvalue weighted by Gasteiger charge is 2.26. The molecule has 0 spiro atoms. The average Bonchev–Trinajstić information content (AvgIpc) is 2.64. The molecule has 0 amide bonds. The molecule has 0 bridgehead atoms. The normalized spacial score (nSPS) is 20.4. The number of halogens is 1. The number of rotatable bonds is 3. The molecule has 3 nitrogen and oxygen atoms in total. The standard InChI is InChI=1S/C14H24BrN3/c1-16-13(14-12(15)10-17-18(14)2)11-8-6-4-3-5-7-9-11/h10-11,13,16H,3-9H2,1-2H3. The molecule has 18 heavy (non-hydrogen) atoms. The highest BCUT2D eigenvalue weighted by Crippen LogP contribution is 2.35. The molecule has 1 aliphatic rings. The van der Waals surface area contributed by atoms with Gasteiger partial charge in [0.1, 0.15) is 0 Å². The van der Waals surface area contributed by atoms with E-state index in [0.29, 0.717) is 6.04 Å². The minimum absolute atomic E-state index is 0.421. The van der Waals surface area contributed by atoms with E-state index in [0.717, 1.165) is 10.4 Å². The van der Waals surface area contributed by atoms with Crippen LogP contribution in [0.25, 0.3) is 0 Å². The van der Waals surface area contributed by atoms with Gasteiger partial charge in [-0.3, -0.25) is 4.68 Å². The molecule has 1 aromatic heterocycles. The third-order valence-electron chi connectivity index (χ3n) is 4.16. The highest BCUT2D eigenvalue weighted by atomic mass is 79.9. The number of aryl methyl sites for hydroxylation is 1. The fourth-order valence-electron chi connectivity index (χ4n) is 3.19. The second kappa shape index (κ2) is 6.71. The van der Waals surface area contributed by atoms with E-state index in [4.69, 9.17) is 0 Å². The summed E-state index contributed by atoms with van der Waals surface area (Å²) in [4.78, 5) is 0. The maximum absolute atomic E-state index is 4.35. The lowest BCUT2D eigenvalue weighted by Gasteiger charge is -2.29. The van der Waals surface area contributed by atoms with E-state index in [2.05, 4.69) is 33.4 Å². The van der Waals surface area contributed by atoms with Gasteiger partial charge >= 0.3 is 0 Å². The summed E-state index contributed by atoms with van der Waals surface area (Å²) in [6.45, 7) is 0. The first kappa shape index (κ1) is 14.1. The lowest BCUT2D eigenvalue weighted by Crippen LogP contribution is -2.28. The van der Waals surface area contributed by atoms with Crippen molar-refractivity contribution in [1.82, 2.24) is 15.1 Å². The summed E-state index contributed by atoms with van der Waals surface area (Å²) in [6.07, 6.45) is 11.6. The van der Waals surface area contributed by atoms with Crippen molar-refractivity contribution in [3.8, 4) is 0 Å². The summed E-state index contributed by atoms with van der Waals surface area (Å²) in [7, 11) is 4.11. The molecule has 1 N–H and O–H groups in total. The Morgan fingerprint density at radius 2 is 1.89 bits per heavy atom. The van der Waals surface area contributed by atoms with Crippen molar-refractivity contribution in [3.63, 3.8) is 0 Å². The summed E-state index contributed by atoms with van der Waals surface area (Å²) in [6, 6.07) is 0.421. The molecule has 0 radical (unpaired) electrons. The van der Waals surface area contributed by atoms with Crippen LogP contribution >= 0.6 is 15.9 Å². The monoisotopic (exact) mass is 313 g/mol. The van der Waals surface area contributed by atoms with Crippen molar-refractivity contribution in [2.24, 2.45) is 13.0 Å². The van der Waals surface area contributed by atoms with Crippen LogP contribution in [0.1, 0.15) is 56.7 Å². The van der Waals surface area contributed by atoms with Gasteiger partial charge in [0, 0.05) is 7.05 Å². The molecule has 1 unspecified atom stereocenters. The van der Waals surface area contributed by atoms with Crippen LogP contribution in [0.3, 0.4) is 0 Å². The van der Waals surface area contributed by atoms with Crippen LogP contribution in [0.5, 0.6) is 0 Å². The van der Waals surface area contributed by atoms with E-state index < -0.39 is 0 Å². The molecule has 1 fully saturated rings. The number of nitrogens with one attached hydrogen (secondary N) is 1. The smallest absolute Gasteiger partial charge is 0.0695 e. The number of hydrogen-bond donors (Lipinski definition) is 1. The van der Waals surface area contributed by atoms with Gasteiger partial charge in [0.2, 0.25) is 0 Å². The fourth-order valence-corrected chi connectivity index (χ4v) is 3.78. The van der Waals surface area contributed by atoms with Crippen LogP contribution in [0.15, 0.2) is 10.7 Å². The van der Waals surface area contributed by atoms with E-state index in [-0.39, 0.29) is 0 Å². The topological polar surface area (TPSA) is 29.9 Å². The van der Waals surface area contributed by atoms with Crippen LogP contribution in [0, 0.1) is 5.92 Å². The molecule has 0 saturated heterocycles. The fraction of sp³-hybridized carbons (Fsp3) is 0.786. The minimum Gasteiger partial charge on any atom is -0.311 e. The van der Waals surface area contributed by atoms with Gasteiger partial charge in [0.25, 0.3) is 0 Å². The predicted octanol–water partition coefficient (Wildman–Crippen LogP) is 3.80. The van der Waals surface area contributed by atoms with Gasteiger partial charge in [-0.25, -0.2) is 0 Å². The van der Waals surface area contributed by atoms with Gasteiger partial charge in [-0.1, -0.05) is 32.1 Å². The zero-order valence-corrected chi connectivity index (χ0v) is 13.0. The average molecular weight is 314 g/mol. The van der Waals surface area contributed by atoms with Crippen molar-refractivity contribution >= 4 is 15.9 Å². The molecule has 1 atom stereocenters. The van der Waals surface area contributed by atoms with Crippen molar-refractivity contribution in [3.05, 3.63) is 16.4 Å². The molecule has 102 valence electrons. The Hall–Kier alpha value is -0.350. The first-order valence-electron chi connectivity index (χ1n) is 7.08. The van der Waals surface area contributed by atoms with Crippen molar-refractivity contribution in [2.75, 3.05) is 7.05 Å². The summed E-state index contributed by atoms with van der Waals surface area (Å²) < 4.78 is 3.13. The minimum atomic E-state index is 0.421. The van der Waals surface area contributed by atoms with Gasteiger partial charge in [0.05, 0.1) is 22.4 Å². The van der Waals surface area contributed by atoms with Gasteiger partial charge in [-0.05, 0) is 41.7 Å². The Labute approximate surface area is 118 Å². The number of nitrogens with zero attached hydrogens (tertiary/aromatic N) is 2. The molecule has 1 aromatic rings. The first-order valence-corrected chi connectivity index (χ1v) is 7.88. The quantitative estimate of drug-likeness (QED) is 0.919. The largest absolute Gasteiger partial charge is 0.311 e. The van der Waals surface area contributed by atoms with E-state index in [1.807, 2.05) is 17.9 Å². The molecule has 1 heterocycles. The van der Waals surface area contributed by atoms with Crippen LogP contribution < -0.4 is 5.32 Å². The van der Waals surface area contributed by atoms with Crippen LogP contribution in [0.4, 0.5) is 0 Å².